The van der Waals surface area contributed by atoms with E-state index in [2.05, 4.69) is 15.3 Å². The molecule has 4 heterocycles. The summed E-state index contributed by atoms with van der Waals surface area (Å²) in [5.74, 6) is 0.208. The first-order valence-electron chi connectivity index (χ1n) is 8.26. The minimum absolute atomic E-state index is 0.130. The van der Waals surface area contributed by atoms with Gasteiger partial charge in [0.25, 0.3) is 0 Å². The standard InChI is InChI=1S/C17H21N3O2S2/c1-12-18-13(11-24-12)8-19-4-5-22-16-10-20(9-15(16)19)17(21)7-14-3-2-6-23-14/h2-3,6,11,15-16H,4-5,7-10H2,1H3/t15-,16+/m0/s1. The van der Waals surface area contributed by atoms with Gasteiger partial charge < -0.3 is 9.64 Å². The Kier molecular flexibility index (Phi) is 4.67. The number of morpholine rings is 1. The summed E-state index contributed by atoms with van der Waals surface area (Å²) < 4.78 is 5.94. The highest BCUT2D eigenvalue weighted by atomic mass is 32.1. The summed E-state index contributed by atoms with van der Waals surface area (Å²) in [5, 5.41) is 5.26. The Hall–Kier alpha value is -1.28. The monoisotopic (exact) mass is 363 g/mol. The van der Waals surface area contributed by atoms with E-state index in [0.717, 1.165) is 41.8 Å². The summed E-state index contributed by atoms with van der Waals surface area (Å²) in [6.45, 7) is 6.00. The van der Waals surface area contributed by atoms with Crippen molar-refractivity contribution in [2.45, 2.75) is 32.0 Å². The number of likely N-dealkylation sites (tertiary alicyclic amines) is 1. The largest absolute Gasteiger partial charge is 0.373 e. The molecule has 2 fully saturated rings. The van der Waals surface area contributed by atoms with E-state index >= 15 is 0 Å². The zero-order valence-electron chi connectivity index (χ0n) is 13.7. The SMILES string of the molecule is Cc1nc(CN2CCO[C@@H]3CN(C(=O)Cc4cccs4)C[C@@H]32)cs1. The van der Waals surface area contributed by atoms with E-state index in [0.29, 0.717) is 13.0 Å². The lowest BCUT2D eigenvalue weighted by Gasteiger charge is -2.36. The van der Waals surface area contributed by atoms with Crippen LogP contribution in [0.3, 0.4) is 0 Å². The van der Waals surface area contributed by atoms with Gasteiger partial charge in [-0.25, -0.2) is 4.98 Å². The van der Waals surface area contributed by atoms with Crippen LogP contribution < -0.4 is 0 Å². The molecule has 0 bridgehead atoms. The average Bonchev–Trinajstić information content (AvgIpc) is 3.28. The Labute approximate surface area is 149 Å². The molecular weight excluding hydrogens is 342 g/mol. The van der Waals surface area contributed by atoms with Crippen molar-refractivity contribution in [3.63, 3.8) is 0 Å². The average molecular weight is 364 g/mol. The third kappa shape index (κ3) is 3.39. The van der Waals surface area contributed by atoms with Crippen molar-refractivity contribution in [1.82, 2.24) is 14.8 Å². The fourth-order valence-corrected chi connectivity index (χ4v) is 4.82. The molecule has 0 unspecified atom stereocenters. The molecule has 0 radical (unpaired) electrons. The van der Waals surface area contributed by atoms with Crippen LogP contribution in [-0.4, -0.2) is 59.1 Å². The van der Waals surface area contributed by atoms with Gasteiger partial charge in [0.05, 0.1) is 35.9 Å². The van der Waals surface area contributed by atoms with Crippen LogP contribution in [0.15, 0.2) is 22.9 Å². The van der Waals surface area contributed by atoms with Crippen LogP contribution in [0.25, 0.3) is 0 Å². The van der Waals surface area contributed by atoms with Gasteiger partial charge in [0.15, 0.2) is 0 Å². The molecule has 1 amide bonds. The van der Waals surface area contributed by atoms with Crippen molar-refractivity contribution in [3.05, 3.63) is 38.5 Å². The van der Waals surface area contributed by atoms with Gasteiger partial charge in [-0.2, -0.15) is 0 Å². The number of carbonyl (C=O) groups is 1. The maximum Gasteiger partial charge on any atom is 0.227 e. The molecule has 2 aromatic rings. The third-order valence-electron chi connectivity index (χ3n) is 4.71. The minimum Gasteiger partial charge on any atom is -0.373 e. The number of fused-ring (bicyclic) bond motifs is 1. The molecule has 0 aliphatic carbocycles. The molecule has 128 valence electrons. The van der Waals surface area contributed by atoms with E-state index < -0.39 is 0 Å². The van der Waals surface area contributed by atoms with Crippen molar-refractivity contribution in [2.24, 2.45) is 0 Å². The van der Waals surface area contributed by atoms with E-state index in [9.17, 15) is 4.79 Å². The molecular formula is C17H21N3O2S2. The molecule has 0 aromatic carbocycles. The molecule has 2 aliphatic heterocycles. The van der Waals surface area contributed by atoms with E-state index in [1.807, 2.05) is 29.3 Å². The topological polar surface area (TPSA) is 45.7 Å². The van der Waals surface area contributed by atoms with Crippen molar-refractivity contribution in [2.75, 3.05) is 26.2 Å². The van der Waals surface area contributed by atoms with Crippen LogP contribution in [0, 0.1) is 6.92 Å². The van der Waals surface area contributed by atoms with Crippen molar-refractivity contribution < 1.29 is 9.53 Å². The molecule has 7 heteroatoms. The highest BCUT2D eigenvalue weighted by molar-refractivity contribution is 7.10. The summed E-state index contributed by atoms with van der Waals surface area (Å²) in [6.07, 6.45) is 0.633. The van der Waals surface area contributed by atoms with Crippen molar-refractivity contribution >= 4 is 28.6 Å². The number of aromatic nitrogens is 1. The van der Waals surface area contributed by atoms with Gasteiger partial charge in [0, 0.05) is 36.4 Å². The number of hydrogen-bond donors (Lipinski definition) is 0. The Morgan fingerprint density at radius 3 is 3.08 bits per heavy atom. The zero-order chi connectivity index (χ0) is 16.5. The Bertz CT molecular complexity index is 701. The number of thiophene rings is 1. The molecule has 0 saturated carbocycles. The fraction of sp³-hybridized carbons (Fsp3) is 0.529. The first-order valence-corrected chi connectivity index (χ1v) is 10.0. The Morgan fingerprint density at radius 1 is 1.42 bits per heavy atom. The Balaban J connectivity index is 1.41. The minimum atomic E-state index is 0.130. The van der Waals surface area contributed by atoms with E-state index in [1.165, 1.54) is 0 Å². The molecule has 24 heavy (non-hydrogen) atoms. The van der Waals surface area contributed by atoms with E-state index in [1.54, 1.807) is 22.7 Å². The summed E-state index contributed by atoms with van der Waals surface area (Å²) in [4.78, 5) is 22.7. The summed E-state index contributed by atoms with van der Waals surface area (Å²) in [6, 6.07) is 4.31. The number of thiazole rings is 1. The highest BCUT2D eigenvalue weighted by Crippen LogP contribution is 2.25. The summed E-state index contributed by atoms with van der Waals surface area (Å²) >= 11 is 3.34. The normalized spacial score (nSPS) is 24.3. The fourth-order valence-electron chi connectivity index (χ4n) is 3.52. The molecule has 0 N–H and O–H groups in total. The molecule has 0 spiro atoms. The predicted octanol–water partition coefficient (Wildman–Crippen LogP) is 2.17. The molecule has 2 saturated heterocycles. The van der Waals surface area contributed by atoms with Gasteiger partial charge in [-0.1, -0.05) is 6.07 Å². The van der Waals surface area contributed by atoms with Gasteiger partial charge in [-0.05, 0) is 18.4 Å². The van der Waals surface area contributed by atoms with Crippen LogP contribution in [0.5, 0.6) is 0 Å². The second-order valence-corrected chi connectivity index (χ2v) is 8.45. The highest BCUT2D eigenvalue weighted by Gasteiger charge is 2.41. The molecule has 2 aliphatic rings. The molecule has 4 rings (SSSR count). The van der Waals surface area contributed by atoms with Crippen molar-refractivity contribution in [3.8, 4) is 0 Å². The number of carbonyl (C=O) groups excluding carboxylic acids is 1. The Morgan fingerprint density at radius 2 is 2.33 bits per heavy atom. The number of hydrogen-bond acceptors (Lipinski definition) is 6. The summed E-state index contributed by atoms with van der Waals surface area (Å²) in [7, 11) is 0. The number of ether oxygens (including phenoxy) is 1. The van der Waals surface area contributed by atoms with Gasteiger partial charge in [-0.3, -0.25) is 9.69 Å². The summed E-state index contributed by atoms with van der Waals surface area (Å²) in [5.41, 5.74) is 1.13. The first kappa shape index (κ1) is 16.2. The molecule has 2 atom stereocenters. The number of aryl methyl sites for hydroxylation is 1. The molecule has 5 nitrogen and oxygen atoms in total. The smallest absolute Gasteiger partial charge is 0.227 e. The maximum atomic E-state index is 12.6. The van der Waals surface area contributed by atoms with E-state index in [-0.39, 0.29) is 18.1 Å². The maximum absolute atomic E-state index is 12.6. The second kappa shape index (κ2) is 6.92. The predicted molar refractivity (Wildman–Crippen MR) is 95.4 cm³/mol. The lowest BCUT2D eigenvalue weighted by Crippen LogP contribution is -2.50. The lowest BCUT2D eigenvalue weighted by molar-refractivity contribution is -0.129. The van der Waals surface area contributed by atoms with Gasteiger partial charge in [0.1, 0.15) is 0 Å². The van der Waals surface area contributed by atoms with Crippen molar-refractivity contribution in [1.29, 1.82) is 0 Å². The van der Waals surface area contributed by atoms with Crippen LogP contribution in [0.1, 0.15) is 15.6 Å². The molecule has 2 aromatic heterocycles. The van der Waals surface area contributed by atoms with Gasteiger partial charge in [0.2, 0.25) is 5.91 Å². The zero-order valence-corrected chi connectivity index (χ0v) is 15.3. The third-order valence-corrected chi connectivity index (χ3v) is 6.41. The van der Waals surface area contributed by atoms with Crippen LogP contribution in [0.4, 0.5) is 0 Å². The van der Waals surface area contributed by atoms with Crippen LogP contribution in [-0.2, 0) is 22.5 Å². The number of rotatable bonds is 4. The van der Waals surface area contributed by atoms with Crippen LogP contribution >= 0.6 is 22.7 Å². The lowest BCUT2D eigenvalue weighted by atomic mass is 10.1. The van der Waals surface area contributed by atoms with Crippen LogP contribution in [0.2, 0.25) is 0 Å². The number of amides is 1. The first-order chi connectivity index (χ1) is 11.7. The second-order valence-electron chi connectivity index (χ2n) is 6.36. The number of nitrogens with zero attached hydrogens (tertiary/aromatic N) is 3. The van der Waals surface area contributed by atoms with E-state index in [4.69, 9.17) is 4.74 Å². The van der Waals surface area contributed by atoms with Gasteiger partial charge in [-0.15, -0.1) is 22.7 Å². The quantitative estimate of drug-likeness (QED) is 0.835. The van der Waals surface area contributed by atoms with Gasteiger partial charge >= 0.3 is 0 Å².